The minimum absolute atomic E-state index is 0.593. The lowest BCUT2D eigenvalue weighted by molar-refractivity contribution is 0.544. The number of aromatic nitrogens is 2. The first-order valence-corrected chi connectivity index (χ1v) is 8.05. The zero-order valence-electron chi connectivity index (χ0n) is 13.1. The highest BCUT2D eigenvalue weighted by Crippen LogP contribution is 2.38. The molecule has 1 aromatic rings. The van der Waals surface area contributed by atoms with Gasteiger partial charge < -0.3 is 10.6 Å². The molecule has 0 unspecified atom stereocenters. The van der Waals surface area contributed by atoms with Crippen LogP contribution in [0.1, 0.15) is 64.6 Å². The molecule has 1 aliphatic rings. The van der Waals surface area contributed by atoms with Crippen molar-refractivity contribution in [3.8, 4) is 0 Å². The summed E-state index contributed by atoms with van der Waals surface area (Å²) in [5.41, 5.74) is 0. The first-order chi connectivity index (χ1) is 9.69. The van der Waals surface area contributed by atoms with Crippen molar-refractivity contribution in [2.75, 3.05) is 23.7 Å². The van der Waals surface area contributed by atoms with E-state index in [2.05, 4.69) is 41.4 Å². The van der Waals surface area contributed by atoms with Crippen LogP contribution in [-0.4, -0.2) is 23.1 Å². The second-order valence-electron chi connectivity index (χ2n) is 6.12. The van der Waals surface area contributed by atoms with E-state index in [-0.39, 0.29) is 0 Å². The molecule has 0 amide bonds. The van der Waals surface area contributed by atoms with Crippen LogP contribution in [0.15, 0.2) is 6.07 Å². The van der Waals surface area contributed by atoms with E-state index in [1.165, 1.54) is 32.1 Å². The molecule has 4 heteroatoms. The average Bonchev–Trinajstić information content (AvgIpc) is 3.22. The fourth-order valence-electron chi connectivity index (χ4n) is 2.25. The Morgan fingerprint density at radius 2 is 1.85 bits per heavy atom. The predicted octanol–water partition coefficient (Wildman–Crippen LogP) is 4.02. The molecule has 1 aliphatic carbocycles. The number of hydrogen-bond acceptors (Lipinski definition) is 4. The molecule has 0 bridgehead atoms. The summed E-state index contributed by atoms with van der Waals surface area (Å²) in [6.45, 7) is 8.55. The van der Waals surface area contributed by atoms with Gasteiger partial charge in [-0.3, -0.25) is 0 Å². The van der Waals surface area contributed by atoms with Crippen LogP contribution >= 0.6 is 0 Å². The molecule has 0 aromatic carbocycles. The van der Waals surface area contributed by atoms with E-state index in [9.17, 15) is 0 Å². The van der Waals surface area contributed by atoms with Gasteiger partial charge in [-0.25, -0.2) is 9.97 Å². The minimum atomic E-state index is 0.593. The van der Waals surface area contributed by atoms with E-state index in [0.717, 1.165) is 36.5 Å². The monoisotopic (exact) mass is 276 g/mol. The first kappa shape index (κ1) is 15.1. The molecule has 0 atom stereocenters. The Bertz CT molecular complexity index is 413. The summed E-state index contributed by atoms with van der Waals surface area (Å²) in [7, 11) is 0. The molecule has 1 heterocycles. The maximum absolute atomic E-state index is 4.65. The van der Waals surface area contributed by atoms with Crippen LogP contribution in [0.25, 0.3) is 0 Å². The van der Waals surface area contributed by atoms with E-state index in [4.69, 9.17) is 0 Å². The Hall–Kier alpha value is -1.32. The van der Waals surface area contributed by atoms with Gasteiger partial charge >= 0.3 is 0 Å². The van der Waals surface area contributed by atoms with Gasteiger partial charge in [0.15, 0.2) is 0 Å². The smallest absolute Gasteiger partial charge is 0.136 e. The number of hydrogen-bond donors (Lipinski definition) is 2. The van der Waals surface area contributed by atoms with Gasteiger partial charge in [-0.1, -0.05) is 26.7 Å². The van der Waals surface area contributed by atoms with E-state index in [1.54, 1.807) is 0 Å². The number of nitrogens with zero attached hydrogens (tertiary/aromatic N) is 2. The predicted molar refractivity (Wildman–Crippen MR) is 85.3 cm³/mol. The summed E-state index contributed by atoms with van der Waals surface area (Å²) >= 11 is 0. The normalized spacial score (nSPS) is 14.6. The molecule has 1 saturated carbocycles. The van der Waals surface area contributed by atoms with Crippen LogP contribution in [-0.2, 0) is 0 Å². The summed E-state index contributed by atoms with van der Waals surface area (Å²) in [6.07, 6.45) is 6.27. The van der Waals surface area contributed by atoms with Crippen LogP contribution in [0.5, 0.6) is 0 Å². The maximum Gasteiger partial charge on any atom is 0.136 e. The lowest BCUT2D eigenvalue weighted by Gasteiger charge is -2.10. The summed E-state index contributed by atoms with van der Waals surface area (Å²) in [5, 5.41) is 6.75. The fourth-order valence-corrected chi connectivity index (χ4v) is 2.25. The van der Waals surface area contributed by atoms with Crippen molar-refractivity contribution >= 4 is 11.6 Å². The van der Waals surface area contributed by atoms with Gasteiger partial charge in [-0.05, 0) is 32.1 Å². The highest BCUT2D eigenvalue weighted by atomic mass is 15.1. The Labute approximate surface area is 122 Å². The van der Waals surface area contributed by atoms with Crippen LogP contribution in [0, 0.1) is 5.92 Å². The molecule has 2 N–H and O–H groups in total. The third-order valence-corrected chi connectivity index (χ3v) is 3.56. The van der Waals surface area contributed by atoms with E-state index in [0.29, 0.717) is 5.92 Å². The van der Waals surface area contributed by atoms with Crippen LogP contribution in [0.3, 0.4) is 0 Å². The molecule has 2 rings (SSSR count). The molecule has 1 fully saturated rings. The van der Waals surface area contributed by atoms with Gasteiger partial charge in [0.2, 0.25) is 0 Å². The van der Waals surface area contributed by atoms with Crippen molar-refractivity contribution in [2.45, 2.75) is 58.8 Å². The number of nitrogens with one attached hydrogen (secondary N) is 2. The molecule has 0 saturated heterocycles. The molecule has 20 heavy (non-hydrogen) atoms. The van der Waals surface area contributed by atoms with Crippen molar-refractivity contribution in [1.29, 1.82) is 0 Å². The van der Waals surface area contributed by atoms with Gasteiger partial charge in [-0.2, -0.15) is 0 Å². The summed E-state index contributed by atoms with van der Waals surface area (Å²) < 4.78 is 0. The number of rotatable bonds is 9. The van der Waals surface area contributed by atoms with Crippen LogP contribution < -0.4 is 10.6 Å². The quantitative estimate of drug-likeness (QED) is 0.669. The molecular formula is C16H28N4. The zero-order chi connectivity index (χ0) is 14.4. The Kier molecular flexibility index (Phi) is 5.62. The molecule has 0 spiro atoms. The van der Waals surface area contributed by atoms with Crippen molar-refractivity contribution in [1.82, 2.24) is 9.97 Å². The molecule has 4 nitrogen and oxygen atoms in total. The highest BCUT2D eigenvalue weighted by molar-refractivity contribution is 5.48. The summed E-state index contributed by atoms with van der Waals surface area (Å²) in [6, 6.07) is 2.03. The second kappa shape index (κ2) is 7.46. The third-order valence-electron chi connectivity index (χ3n) is 3.56. The van der Waals surface area contributed by atoms with Crippen molar-refractivity contribution in [2.24, 2.45) is 5.92 Å². The Balaban J connectivity index is 1.85. The second-order valence-corrected chi connectivity index (χ2v) is 6.12. The first-order valence-electron chi connectivity index (χ1n) is 8.05. The largest absolute Gasteiger partial charge is 0.370 e. The molecular weight excluding hydrogens is 248 g/mol. The van der Waals surface area contributed by atoms with Gasteiger partial charge in [-0.15, -0.1) is 0 Å². The summed E-state index contributed by atoms with van der Waals surface area (Å²) in [5.74, 6) is 4.33. The maximum atomic E-state index is 4.65. The van der Waals surface area contributed by atoms with Crippen molar-refractivity contribution in [3.05, 3.63) is 11.9 Å². The van der Waals surface area contributed by atoms with Crippen LogP contribution in [0.4, 0.5) is 11.6 Å². The topological polar surface area (TPSA) is 49.8 Å². The SMILES string of the molecule is CCNc1cc(NCCCCC(C)C)nc(C2CC2)n1. The minimum Gasteiger partial charge on any atom is -0.370 e. The fraction of sp³-hybridized carbons (Fsp3) is 0.750. The Morgan fingerprint density at radius 3 is 2.45 bits per heavy atom. The number of anilines is 2. The summed E-state index contributed by atoms with van der Waals surface area (Å²) in [4.78, 5) is 9.24. The standard InChI is InChI=1S/C16H28N4/c1-4-17-14-11-15(18-10-6-5-7-12(2)3)20-16(19-14)13-8-9-13/h11-13H,4-10H2,1-3H3,(H2,17,18,19,20). The van der Waals surface area contributed by atoms with E-state index >= 15 is 0 Å². The average molecular weight is 276 g/mol. The molecule has 0 radical (unpaired) electrons. The van der Waals surface area contributed by atoms with Crippen molar-refractivity contribution < 1.29 is 0 Å². The van der Waals surface area contributed by atoms with E-state index in [1.807, 2.05) is 6.07 Å². The lowest BCUT2D eigenvalue weighted by atomic mass is 10.1. The van der Waals surface area contributed by atoms with Gasteiger partial charge in [0, 0.05) is 25.1 Å². The molecule has 112 valence electrons. The molecule has 1 aromatic heterocycles. The lowest BCUT2D eigenvalue weighted by Crippen LogP contribution is -2.09. The third kappa shape index (κ3) is 4.99. The zero-order valence-corrected chi connectivity index (χ0v) is 13.1. The van der Waals surface area contributed by atoms with Gasteiger partial charge in [0.05, 0.1) is 0 Å². The van der Waals surface area contributed by atoms with Gasteiger partial charge in [0.25, 0.3) is 0 Å². The molecule has 0 aliphatic heterocycles. The van der Waals surface area contributed by atoms with Gasteiger partial charge in [0.1, 0.15) is 17.5 Å². The Morgan fingerprint density at radius 1 is 1.15 bits per heavy atom. The highest BCUT2D eigenvalue weighted by Gasteiger charge is 2.27. The van der Waals surface area contributed by atoms with E-state index < -0.39 is 0 Å². The number of unbranched alkanes of at least 4 members (excludes halogenated alkanes) is 1. The van der Waals surface area contributed by atoms with Crippen molar-refractivity contribution in [3.63, 3.8) is 0 Å². The van der Waals surface area contributed by atoms with Crippen LogP contribution in [0.2, 0.25) is 0 Å².